The van der Waals surface area contributed by atoms with Gasteiger partial charge in [0.25, 0.3) is 0 Å². The van der Waals surface area contributed by atoms with E-state index in [9.17, 15) is 0 Å². The molecule has 0 fully saturated rings. The minimum atomic E-state index is 0.506. The van der Waals surface area contributed by atoms with E-state index >= 15 is 0 Å². The normalized spacial score (nSPS) is 12.1. The van der Waals surface area contributed by atoms with Crippen LogP contribution >= 0.6 is 0 Å². The summed E-state index contributed by atoms with van der Waals surface area (Å²) in [5.41, 5.74) is 13.6. The summed E-state index contributed by atoms with van der Waals surface area (Å²) in [6.07, 6.45) is 1.88. The van der Waals surface area contributed by atoms with Crippen molar-refractivity contribution in [1.82, 2.24) is 38.2 Å². The predicted octanol–water partition coefficient (Wildman–Crippen LogP) is 14.5. The van der Waals surface area contributed by atoms with Gasteiger partial charge in [0.2, 0.25) is 5.95 Å². The number of nitrogens with zero attached hydrogens (tertiary/aromatic N) is 8. The van der Waals surface area contributed by atoms with E-state index in [1.807, 2.05) is 12.3 Å². The summed E-state index contributed by atoms with van der Waals surface area (Å²) in [5.74, 6) is 1.21. The van der Waals surface area contributed by atoms with Crippen molar-refractivity contribution in [2.24, 2.45) is 0 Å². The summed E-state index contributed by atoms with van der Waals surface area (Å²) in [5, 5.41) is 9.16. The highest BCUT2D eigenvalue weighted by molar-refractivity contribution is 6.26. The summed E-state index contributed by atoms with van der Waals surface area (Å²) >= 11 is 0. The molecule has 8 heteroatoms. The zero-order valence-electron chi connectivity index (χ0n) is 36.4. The number of hydrogen-bond acceptors (Lipinski definition) is 4. The molecule has 0 aliphatic rings. The van der Waals surface area contributed by atoms with Crippen molar-refractivity contribution in [3.63, 3.8) is 0 Å². The number of hydrogen-bond donors (Lipinski definition) is 0. The van der Waals surface area contributed by atoms with Crippen LogP contribution in [0.4, 0.5) is 0 Å². The highest BCUT2D eigenvalue weighted by Crippen LogP contribution is 2.44. The van der Waals surface area contributed by atoms with Crippen molar-refractivity contribution in [2.75, 3.05) is 0 Å². The highest BCUT2D eigenvalue weighted by Gasteiger charge is 2.26. The molecule has 0 spiro atoms. The van der Waals surface area contributed by atoms with Crippen LogP contribution in [-0.4, -0.2) is 38.2 Å². The number of para-hydroxylation sites is 6. The summed E-state index contributed by atoms with van der Waals surface area (Å²) in [7, 11) is 0. The summed E-state index contributed by atoms with van der Waals surface area (Å²) in [4.78, 5) is 21.8. The number of aromatic nitrogens is 8. The van der Waals surface area contributed by atoms with Crippen LogP contribution in [0.5, 0.6) is 0 Å². The molecule has 316 valence electrons. The Labute approximate surface area is 387 Å². The third-order valence-electron chi connectivity index (χ3n) is 13.8. The van der Waals surface area contributed by atoms with Crippen molar-refractivity contribution in [3.8, 4) is 34.4 Å². The van der Waals surface area contributed by atoms with Gasteiger partial charge in [0.1, 0.15) is 11.2 Å². The lowest BCUT2D eigenvalue weighted by Gasteiger charge is -2.14. The number of fused-ring (bicyclic) bond motifs is 15. The minimum Gasteiger partial charge on any atom is -0.309 e. The zero-order valence-corrected chi connectivity index (χ0v) is 36.4. The lowest BCUT2D eigenvalue weighted by atomic mass is 10.1. The Kier molecular flexibility index (Phi) is 7.62. The van der Waals surface area contributed by atoms with E-state index in [2.05, 4.69) is 225 Å². The van der Waals surface area contributed by atoms with E-state index in [0.717, 1.165) is 93.4 Å². The SMILES string of the molecule is c1ccc(-c2nc(-n3c4ccccc4c4ccc5c(c6ccccc6n5-c5ccccc5)c43)nc3ncc(-n4c5ccccc5c5ccc6c7ccccc7n(-c7ccccc7)c6c54)nc23)cc1. The Morgan fingerprint density at radius 1 is 0.309 bits per heavy atom. The monoisotopic (exact) mass is 868 g/mol. The second-order valence-electron chi connectivity index (χ2n) is 17.4. The van der Waals surface area contributed by atoms with E-state index in [1.165, 1.54) is 10.8 Å². The van der Waals surface area contributed by atoms with Crippen LogP contribution in [0.1, 0.15) is 0 Å². The third-order valence-corrected chi connectivity index (χ3v) is 13.8. The standard InChI is InChI=1S/C60H36N8/c1-4-18-37(19-5-1)54-55-59(64-60(63-54)68-49-30-16-12-24-40(49)43-34-35-51-53(56(43)68)46-27-13-17-31-50(46)65(51)38-20-6-2-7-21-38)61-36-52(62-55)67-48-29-15-11-26-42(48)45-33-32-44-41-25-10-14-28-47(41)66(57(44)58(45)67)39-22-8-3-9-23-39/h1-36H. The quantitative estimate of drug-likeness (QED) is 0.173. The van der Waals surface area contributed by atoms with E-state index in [0.29, 0.717) is 28.6 Å². The van der Waals surface area contributed by atoms with Crippen molar-refractivity contribution in [3.05, 3.63) is 219 Å². The van der Waals surface area contributed by atoms with E-state index < -0.39 is 0 Å². The van der Waals surface area contributed by atoms with Gasteiger partial charge in [-0.15, -0.1) is 0 Å². The van der Waals surface area contributed by atoms with Crippen molar-refractivity contribution < 1.29 is 0 Å². The van der Waals surface area contributed by atoms with Gasteiger partial charge in [0.05, 0.1) is 50.3 Å². The fourth-order valence-electron chi connectivity index (χ4n) is 11.0. The fraction of sp³-hybridized carbons (Fsp3) is 0. The second-order valence-corrected chi connectivity index (χ2v) is 17.4. The molecule has 0 aliphatic carbocycles. The molecule has 15 rings (SSSR count). The topological polar surface area (TPSA) is 71.3 Å². The Morgan fingerprint density at radius 2 is 0.779 bits per heavy atom. The van der Waals surface area contributed by atoms with Crippen molar-refractivity contribution in [1.29, 1.82) is 0 Å². The maximum atomic E-state index is 5.59. The lowest BCUT2D eigenvalue weighted by molar-refractivity contribution is 0.990. The maximum Gasteiger partial charge on any atom is 0.237 e. The first-order valence-electron chi connectivity index (χ1n) is 22.9. The molecule has 68 heavy (non-hydrogen) atoms. The molecule has 6 heterocycles. The molecule has 0 bridgehead atoms. The molecule has 0 unspecified atom stereocenters. The highest BCUT2D eigenvalue weighted by atomic mass is 15.2. The third kappa shape index (κ3) is 5.08. The van der Waals surface area contributed by atoms with E-state index in [-0.39, 0.29) is 0 Å². The second kappa shape index (κ2) is 14.1. The van der Waals surface area contributed by atoms with Crippen LogP contribution in [0.25, 0.3) is 133 Å². The molecule has 0 saturated heterocycles. The Balaban J connectivity index is 1.04. The number of rotatable bonds is 5. The van der Waals surface area contributed by atoms with Gasteiger partial charge >= 0.3 is 0 Å². The Hall–Kier alpha value is -9.40. The molecule has 0 N–H and O–H groups in total. The summed E-state index contributed by atoms with van der Waals surface area (Å²) in [6.45, 7) is 0. The first kappa shape index (κ1) is 36.9. The average Bonchev–Trinajstić information content (AvgIpc) is 4.14. The predicted molar refractivity (Wildman–Crippen MR) is 278 cm³/mol. The van der Waals surface area contributed by atoms with Gasteiger partial charge in [-0.05, 0) is 54.6 Å². The molecule has 6 aromatic heterocycles. The Morgan fingerprint density at radius 3 is 1.41 bits per heavy atom. The molecule has 8 nitrogen and oxygen atoms in total. The fourth-order valence-corrected chi connectivity index (χ4v) is 11.0. The van der Waals surface area contributed by atoms with E-state index in [4.69, 9.17) is 19.9 Å². The van der Waals surface area contributed by atoms with E-state index in [1.54, 1.807) is 0 Å². The van der Waals surface area contributed by atoms with Gasteiger partial charge in [0.15, 0.2) is 11.5 Å². The molecule has 15 aromatic rings. The first-order chi connectivity index (χ1) is 33.8. The van der Waals surface area contributed by atoms with Crippen molar-refractivity contribution >= 4 is 98.4 Å². The smallest absolute Gasteiger partial charge is 0.237 e. The zero-order chi connectivity index (χ0) is 44.5. The van der Waals surface area contributed by atoms with Gasteiger partial charge in [-0.25, -0.2) is 15.0 Å². The maximum absolute atomic E-state index is 5.59. The molecule has 0 saturated carbocycles. The number of benzene rings is 9. The van der Waals surface area contributed by atoms with Crippen LogP contribution in [0.2, 0.25) is 0 Å². The summed E-state index contributed by atoms with van der Waals surface area (Å²) in [6, 6.07) is 75.1. The van der Waals surface area contributed by atoms with Gasteiger partial charge in [-0.2, -0.15) is 4.98 Å². The van der Waals surface area contributed by atoms with Gasteiger partial charge in [0, 0.05) is 60.0 Å². The lowest BCUT2D eigenvalue weighted by Crippen LogP contribution is -2.07. The van der Waals surface area contributed by atoms with Crippen LogP contribution in [0.3, 0.4) is 0 Å². The van der Waals surface area contributed by atoms with Gasteiger partial charge in [-0.1, -0.05) is 158 Å². The van der Waals surface area contributed by atoms with Gasteiger partial charge < -0.3 is 9.13 Å². The van der Waals surface area contributed by atoms with Crippen LogP contribution < -0.4 is 0 Å². The Bertz CT molecular complexity index is 4540. The molecule has 0 atom stereocenters. The molecule has 0 amide bonds. The van der Waals surface area contributed by atoms with Gasteiger partial charge in [-0.3, -0.25) is 9.13 Å². The average molecular weight is 869 g/mol. The molecule has 0 radical (unpaired) electrons. The summed E-state index contributed by atoms with van der Waals surface area (Å²) < 4.78 is 9.27. The van der Waals surface area contributed by atoms with Crippen molar-refractivity contribution in [2.45, 2.75) is 0 Å². The molecule has 0 aliphatic heterocycles. The largest absolute Gasteiger partial charge is 0.309 e. The molecule has 9 aromatic carbocycles. The van der Waals surface area contributed by atoms with Crippen LogP contribution in [0.15, 0.2) is 219 Å². The first-order valence-corrected chi connectivity index (χ1v) is 22.9. The van der Waals surface area contributed by atoms with Crippen LogP contribution in [0, 0.1) is 0 Å². The molecular formula is C60H36N8. The van der Waals surface area contributed by atoms with Crippen LogP contribution in [-0.2, 0) is 0 Å². The minimum absolute atomic E-state index is 0.506. The molecular weight excluding hydrogens is 833 g/mol.